The number of nitriles is 2. The maximum Gasteiger partial charge on any atom is 0.179 e. The molecule has 0 bridgehead atoms. The molecule has 34 heavy (non-hydrogen) atoms. The molecule has 10 nitrogen and oxygen atoms in total. The first-order chi connectivity index (χ1) is 16.5. The molecule has 1 aliphatic rings. The summed E-state index contributed by atoms with van der Waals surface area (Å²) in [7, 11) is 1.87. The third-order valence-corrected chi connectivity index (χ3v) is 6.46. The molecule has 1 fully saturated rings. The number of piperidine rings is 1. The second kappa shape index (κ2) is 8.56. The van der Waals surface area contributed by atoms with Crippen LogP contribution < -0.4 is 4.74 Å². The van der Waals surface area contributed by atoms with Crippen LogP contribution in [0.15, 0.2) is 36.9 Å². The first-order valence-electron chi connectivity index (χ1n) is 11.3. The van der Waals surface area contributed by atoms with Crippen molar-refractivity contribution in [2.45, 2.75) is 38.8 Å². The van der Waals surface area contributed by atoms with Gasteiger partial charge in [-0.15, -0.1) is 0 Å². The van der Waals surface area contributed by atoms with Crippen LogP contribution in [0.25, 0.3) is 16.6 Å². The van der Waals surface area contributed by atoms with E-state index in [0.717, 1.165) is 48.4 Å². The van der Waals surface area contributed by atoms with E-state index in [1.165, 1.54) is 0 Å². The summed E-state index contributed by atoms with van der Waals surface area (Å²) >= 11 is 0. The molecular weight excluding hydrogens is 430 g/mol. The van der Waals surface area contributed by atoms with E-state index >= 15 is 0 Å². The van der Waals surface area contributed by atoms with Gasteiger partial charge in [-0.2, -0.15) is 25.8 Å². The lowest BCUT2D eigenvalue weighted by Gasteiger charge is -2.29. The van der Waals surface area contributed by atoms with Crippen LogP contribution in [0.5, 0.6) is 5.75 Å². The van der Waals surface area contributed by atoms with E-state index in [1.807, 2.05) is 44.7 Å². The van der Waals surface area contributed by atoms with Crippen LogP contribution in [0.4, 0.5) is 0 Å². The Morgan fingerprint density at radius 2 is 1.97 bits per heavy atom. The van der Waals surface area contributed by atoms with Crippen LogP contribution in [0.1, 0.15) is 48.9 Å². The van der Waals surface area contributed by atoms with Crippen molar-refractivity contribution in [2.24, 2.45) is 7.05 Å². The van der Waals surface area contributed by atoms with Crippen molar-refractivity contribution in [3.63, 3.8) is 0 Å². The Labute approximate surface area is 197 Å². The highest BCUT2D eigenvalue weighted by molar-refractivity contribution is 5.76. The number of rotatable bonds is 5. The molecule has 0 aliphatic carbocycles. The lowest BCUT2D eigenvalue weighted by Crippen LogP contribution is -2.31. The van der Waals surface area contributed by atoms with Crippen molar-refractivity contribution in [1.29, 1.82) is 10.5 Å². The Balaban J connectivity index is 1.52. The minimum absolute atomic E-state index is 0.261. The molecular formula is C24H25N9O. The summed E-state index contributed by atoms with van der Waals surface area (Å²) < 4.78 is 11.8. The average Bonchev–Trinajstić information content (AvgIpc) is 3.57. The molecule has 0 aromatic carbocycles. The first kappa shape index (κ1) is 21.5. The van der Waals surface area contributed by atoms with E-state index in [0.29, 0.717) is 16.8 Å². The van der Waals surface area contributed by atoms with Gasteiger partial charge in [0, 0.05) is 49.4 Å². The SMILES string of the molecule is Cc1c(-c2cc(O[C@H](C)c3ccn(C)n3)c3c(C#N)cnn3c2)cnn1C1CCN(C#N)CC1. The van der Waals surface area contributed by atoms with Gasteiger partial charge in [-0.05, 0) is 38.8 Å². The molecule has 1 aliphatic heterocycles. The Bertz CT molecular complexity index is 1420. The molecule has 0 saturated carbocycles. The zero-order valence-electron chi connectivity index (χ0n) is 19.4. The molecule has 0 N–H and O–H groups in total. The van der Waals surface area contributed by atoms with Crippen molar-refractivity contribution in [3.8, 4) is 29.1 Å². The van der Waals surface area contributed by atoms with Gasteiger partial charge < -0.3 is 9.64 Å². The maximum absolute atomic E-state index is 9.61. The maximum atomic E-state index is 9.61. The molecule has 5 rings (SSSR count). The zero-order valence-corrected chi connectivity index (χ0v) is 19.4. The van der Waals surface area contributed by atoms with Gasteiger partial charge in [0.1, 0.15) is 34.7 Å². The van der Waals surface area contributed by atoms with Gasteiger partial charge in [0.15, 0.2) is 6.19 Å². The summed E-state index contributed by atoms with van der Waals surface area (Å²) in [6, 6.07) is 6.33. The van der Waals surface area contributed by atoms with Crippen LogP contribution in [-0.2, 0) is 7.05 Å². The van der Waals surface area contributed by atoms with Crippen molar-refractivity contribution in [1.82, 2.24) is 34.1 Å². The quantitative estimate of drug-likeness (QED) is 0.424. The van der Waals surface area contributed by atoms with Crippen molar-refractivity contribution >= 4 is 5.52 Å². The molecule has 10 heteroatoms. The summed E-state index contributed by atoms with van der Waals surface area (Å²) in [5, 5.41) is 32.3. The molecule has 1 saturated heterocycles. The van der Waals surface area contributed by atoms with Crippen molar-refractivity contribution in [3.05, 3.63) is 53.9 Å². The fourth-order valence-electron chi connectivity index (χ4n) is 4.59. The van der Waals surface area contributed by atoms with Crippen molar-refractivity contribution in [2.75, 3.05) is 13.1 Å². The number of nitrogens with zero attached hydrogens (tertiary/aromatic N) is 9. The normalized spacial score (nSPS) is 15.3. The lowest BCUT2D eigenvalue weighted by molar-refractivity contribution is 0.223. The summed E-state index contributed by atoms with van der Waals surface area (Å²) in [5.74, 6) is 0.569. The van der Waals surface area contributed by atoms with Gasteiger partial charge >= 0.3 is 0 Å². The van der Waals surface area contributed by atoms with Gasteiger partial charge in [0.05, 0.1) is 18.4 Å². The monoisotopic (exact) mass is 455 g/mol. The van der Waals surface area contributed by atoms with Crippen LogP contribution in [0.3, 0.4) is 0 Å². The summed E-state index contributed by atoms with van der Waals surface area (Å²) in [6.07, 6.45) is 10.9. The average molecular weight is 456 g/mol. The molecule has 0 radical (unpaired) electrons. The van der Waals surface area contributed by atoms with Crippen molar-refractivity contribution < 1.29 is 4.74 Å². The predicted octanol–water partition coefficient (Wildman–Crippen LogP) is 3.37. The van der Waals surface area contributed by atoms with Crippen LogP contribution >= 0.6 is 0 Å². The number of ether oxygens (including phenoxy) is 1. The number of hydrogen-bond acceptors (Lipinski definition) is 7. The highest BCUT2D eigenvalue weighted by atomic mass is 16.5. The smallest absolute Gasteiger partial charge is 0.179 e. The highest BCUT2D eigenvalue weighted by Crippen LogP contribution is 2.35. The molecule has 0 spiro atoms. The fraction of sp³-hybridized carbons (Fsp3) is 0.375. The van der Waals surface area contributed by atoms with Gasteiger partial charge in [-0.3, -0.25) is 9.36 Å². The standard InChI is InChI=1S/C24H25N9O/c1-16-21(13-28-33(16)20-4-8-31(15-26)9-5-20)18-10-23(24-19(11-25)12-27-32(24)14-18)34-17(2)22-6-7-30(3)29-22/h6-7,10,12-14,17,20H,4-5,8-9H2,1-3H3/t17-/m1/s1. The molecule has 4 aromatic rings. The molecule has 5 heterocycles. The molecule has 0 unspecified atom stereocenters. The van der Waals surface area contributed by atoms with Crippen LogP contribution in [-0.4, -0.2) is 47.2 Å². The Kier molecular flexibility index (Phi) is 5.42. The lowest BCUT2D eigenvalue weighted by atomic mass is 10.0. The number of fused-ring (bicyclic) bond motifs is 1. The van der Waals surface area contributed by atoms with E-state index < -0.39 is 0 Å². The predicted molar refractivity (Wildman–Crippen MR) is 124 cm³/mol. The number of hydrogen-bond donors (Lipinski definition) is 0. The van der Waals surface area contributed by atoms with Gasteiger partial charge in [-0.25, -0.2) is 4.52 Å². The van der Waals surface area contributed by atoms with Gasteiger partial charge in [-0.1, -0.05) is 0 Å². The number of aryl methyl sites for hydroxylation is 1. The van der Waals surface area contributed by atoms with Crippen LogP contribution in [0.2, 0.25) is 0 Å². The highest BCUT2D eigenvalue weighted by Gasteiger charge is 2.24. The van der Waals surface area contributed by atoms with Gasteiger partial charge in [0.2, 0.25) is 0 Å². The first-order valence-corrected chi connectivity index (χ1v) is 11.3. The fourth-order valence-corrected chi connectivity index (χ4v) is 4.59. The number of pyridine rings is 1. The van der Waals surface area contributed by atoms with Crippen LogP contribution in [0, 0.1) is 29.7 Å². The second-order valence-electron chi connectivity index (χ2n) is 8.64. The minimum atomic E-state index is -0.309. The summed E-state index contributed by atoms with van der Waals surface area (Å²) in [4.78, 5) is 1.79. The third-order valence-electron chi connectivity index (χ3n) is 6.46. The van der Waals surface area contributed by atoms with Gasteiger partial charge in [0.25, 0.3) is 0 Å². The molecule has 1 atom stereocenters. The molecule has 4 aromatic heterocycles. The Morgan fingerprint density at radius 3 is 2.65 bits per heavy atom. The largest absolute Gasteiger partial charge is 0.482 e. The van der Waals surface area contributed by atoms with E-state index in [9.17, 15) is 5.26 Å². The second-order valence-corrected chi connectivity index (χ2v) is 8.64. The summed E-state index contributed by atoms with van der Waals surface area (Å²) in [6.45, 7) is 5.49. The third kappa shape index (κ3) is 3.73. The number of aromatic nitrogens is 6. The number of likely N-dealkylation sites (tertiary alicyclic amines) is 1. The minimum Gasteiger partial charge on any atom is -0.482 e. The Hall–Kier alpha value is -4.31. The van der Waals surface area contributed by atoms with E-state index in [2.05, 4.69) is 39.2 Å². The molecule has 172 valence electrons. The van der Waals surface area contributed by atoms with E-state index in [1.54, 1.807) is 20.3 Å². The summed E-state index contributed by atoms with van der Waals surface area (Å²) in [5.41, 5.74) is 4.81. The topological polar surface area (TPSA) is 113 Å². The van der Waals surface area contributed by atoms with E-state index in [-0.39, 0.29) is 12.1 Å². The zero-order chi connectivity index (χ0) is 23.8. The molecule has 0 amide bonds. The van der Waals surface area contributed by atoms with E-state index in [4.69, 9.17) is 10.00 Å². The Morgan fingerprint density at radius 1 is 1.18 bits per heavy atom.